The van der Waals surface area contributed by atoms with Crippen LogP contribution in [0, 0.1) is 0 Å². The SMILES string of the molecule is CCCSSCC. The Labute approximate surface area is 53.8 Å². The molecular weight excluding hydrogens is 124 g/mol. The molecule has 44 valence electrons. The van der Waals surface area contributed by atoms with Crippen molar-refractivity contribution >= 4 is 21.6 Å². The Morgan fingerprint density at radius 1 is 1.14 bits per heavy atom. The molecule has 0 saturated carbocycles. The van der Waals surface area contributed by atoms with Crippen LogP contribution in [0.1, 0.15) is 20.3 Å². The van der Waals surface area contributed by atoms with Gasteiger partial charge in [0.15, 0.2) is 0 Å². The van der Waals surface area contributed by atoms with Gasteiger partial charge in [-0.1, -0.05) is 35.4 Å². The summed E-state index contributed by atoms with van der Waals surface area (Å²) in [5.74, 6) is 2.54. The van der Waals surface area contributed by atoms with E-state index in [0.29, 0.717) is 0 Å². The van der Waals surface area contributed by atoms with Crippen molar-refractivity contribution in [2.75, 3.05) is 11.5 Å². The minimum absolute atomic E-state index is 1.24. The quantitative estimate of drug-likeness (QED) is 0.430. The molecule has 0 aromatic carbocycles. The predicted molar refractivity (Wildman–Crippen MR) is 40.9 cm³/mol. The molecule has 0 bridgehead atoms. The molecule has 0 amide bonds. The summed E-state index contributed by atoms with van der Waals surface area (Å²) in [6.45, 7) is 4.40. The Hall–Kier alpha value is 0.700. The van der Waals surface area contributed by atoms with Gasteiger partial charge < -0.3 is 0 Å². The molecule has 2 heteroatoms. The van der Waals surface area contributed by atoms with E-state index in [1.54, 1.807) is 0 Å². The van der Waals surface area contributed by atoms with Crippen LogP contribution in [0.15, 0.2) is 0 Å². The molecule has 0 aromatic rings. The first kappa shape index (κ1) is 7.70. The topological polar surface area (TPSA) is 0 Å². The third-order valence-electron chi connectivity index (χ3n) is 0.489. The average Bonchev–Trinajstić information content (AvgIpc) is 1.69. The van der Waals surface area contributed by atoms with Crippen LogP contribution in [0.5, 0.6) is 0 Å². The fourth-order valence-corrected chi connectivity index (χ4v) is 2.03. The van der Waals surface area contributed by atoms with Crippen LogP contribution in [0.25, 0.3) is 0 Å². The first-order valence-corrected chi connectivity index (χ1v) is 5.15. The maximum Gasteiger partial charge on any atom is 0.00343 e. The second-order valence-corrected chi connectivity index (χ2v) is 4.10. The monoisotopic (exact) mass is 136 g/mol. The first-order valence-electron chi connectivity index (χ1n) is 2.66. The van der Waals surface area contributed by atoms with Gasteiger partial charge in [0.25, 0.3) is 0 Å². The van der Waals surface area contributed by atoms with Gasteiger partial charge in [-0.2, -0.15) is 0 Å². The lowest BCUT2D eigenvalue weighted by molar-refractivity contribution is 1.11. The number of rotatable bonds is 4. The van der Waals surface area contributed by atoms with Gasteiger partial charge in [-0.05, 0) is 6.42 Å². The second-order valence-electron chi connectivity index (χ2n) is 1.23. The van der Waals surface area contributed by atoms with Crippen LogP contribution in [0.2, 0.25) is 0 Å². The molecule has 0 aliphatic carbocycles. The molecule has 0 aromatic heterocycles. The zero-order valence-corrected chi connectivity index (χ0v) is 6.57. The molecule has 0 aliphatic heterocycles. The number of hydrogen-bond acceptors (Lipinski definition) is 2. The van der Waals surface area contributed by atoms with Crippen LogP contribution >= 0.6 is 21.6 Å². The van der Waals surface area contributed by atoms with Crippen molar-refractivity contribution < 1.29 is 0 Å². The summed E-state index contributed by atoms with van der Waals surface area (Å²) in [7, 11) is 3.92. The molecule has 0 spiro atoms. The van der Waals surface area contributed by atoms with Crippen molar-refractivity contribution in [1.82, 2.24) is 0 Å². The van der Waals surface area contributed by atoms with Gasteiger partial charge in [-0.15, -0.1) is 0 Å². The average molecular weight is 136 g/mol. The van der Waals surface area contributed by atoms with E-state index in [4.69, 9.17) is 0 Å². The van der Waals surface area contributed by atoms with Crippen LogP contribution in [-0.2, 0) is 0 Å². The molecular formula is C5H12S2. The Morgan fingerprint density at radius 2 is 1.86 bits per heavy atom. The highest BCUT2D eigenvalue weighted by atomic mass is 33.1. The maximum absolute atomic E-state index is 2.21. The van der Waals surface area contributed by atoms with E-state index in [2.05, 4.69) is 13.8 Å². The van der Waals surface area contributed by atoms with Crippen LogP contribution < -0.4 is 0 Å². The zero-order chi connectivity index (χ0) is 5.54. The lowest BCUT2D eigenvalue weighted by Crippen LogP contribution is -1.67. The third-order valence-corrected chi connectivity index (χ3v) is 3.17. The fourth-order valence-electron chi connectivity index (χ4n) is 0.226. The van der Waals surface area contributed by atoms with E-state index in [0.717, 1.165) is 0 Å². The minimum atomic E-state index is 1.24. The molecule has 0 nitrogen and oxygen atoms in total. The molecule has 0 N–H and O–H groups in total. The summed E-state index contributed by atoms with van der Waals surface area (Å²) in [4.78, 5) is 0. The van der Waals surface area contributed by atoms with Gasteiger partial charge in [0.05, 0.1) is 0 Å². The highest BCUT2D eigenvalue weighted by Gasteiger charge is 1.80. The normalized spacial score (nSPS) is 9.43. The Morgan fingerprint density at radius 3 is 2.29 bits per heavy atom. The Balaban J connectivity index is 2.45. The Kier molecular flexibility index (Phi) is 7.37. The van der Waals surface area contributed by atoms with Crippen molar-refractivity contribution in [1.29, 1.82) is 0 Å². The second kappa shape index (κ2) is 6.70. The Bertz CT molecular complexity index is 25.3. The molecule has 0 fully saturated rings. The van der Waals surface area contributed by atoms with Crippen molar-refractivity contribution in [3.8, 4) is 0 Å². The van der Waals surface area contributed by atoms with Gasteiger partial charge in [0.2, 0.25) is 0 Å². The van der Waals surface area contributed by atoms with Crippen LogP contribution in [-0.4, -0.2) is 11.5 Å². The largest absolute Gasteiger partial charge is 0.0944 e. The van der Waals surface area contributed by atoms with Crippen molar-refractivity contribution in [2.45, 2.75) is 20.3 Å². The molecule has 0 unspecified atom stereocenters. The molecule has 0 saturated heterocycles. The molecule has 0 heterocycles. The van der Waals surface area contributed by atoms with Gasteiger partial charge >= 0.3 is 0 Å². The fraction of sp³-hybridized carbons (Fsp3) is 1.00. The first-order chi connectivity index (χ1) is 3.41. The molecule has 7 heavy (non-hydrogen) atoms. The van der Waals surface area contributed by atoms with Gasteiger partial charge in [0.1, 0.15) is 0 Å². The summed E-state index contributed by atoms with van der Waals surface area (Å²) in [5, 5.41) is 0. The highest BCUT2D eigenvalue weighted by molar-refractivity contribution is 8.76. The summed E-state index contributed by atoms with van der Waals surface area (Å²) < 4.78 is 0. The van der Waals surface area contributed by atoms with Crippen molar-refractivity contribution in [3.05, 3.63) is 0 Å². The van der Waals surface area contributed by atoms with Gasteiger partial charge in [-0.3, -0.25) is 0 Å². The maximum atomic E-state index is 2.21. The third kappa shape index (κ3) is 6.70. The van der Waals surface area contributed by atoms with E-state index in [1.165, 1.54) is 17.9 Å². The van der Waals surface area contributed by atoms with Crippen molar-refractivity contribution in [3.63, 3.8) is 0 Å². The molecule has 0 aliphatic rings. The van der Waals surface area contributed by atoms with Crippen molar-refractivity contribution in [2.24, 2.45) is 0 Å². The van der Waals surface area contributed by atoms with Gasteiger partial charge in [-0.25, -0.2) is 0 Å². The highest BCUT2D eigenvalue weighted by Crippen LogP contribution is 2.20. The van der Waals surface area contributed by atoms with Gasteiger partial charge in [0, 0.05) is 11.5 Å². The van der Waals surface area contributed by atoms with E-state index in [1.807, 2.05) is 21.6 Å². The zero-order valence-electron chi connectivity index (χ0n) is 4.94. The summed E-state index contributed by atoms with van der Waals surface area (Å²) in [5.41, 5.74) is 0. The molecule has 0 atom stereocenters. The minimum Gasteiger partial charge on any atom is -0.0944 e. The lowest BCUT2D eigenvalue weighted by atomic mass is 10.6. The summed E-state index contributed by atoms with van der Waals surface area (Å²) >= 11 is 0. The summed E-state index contributed by atoms with van der Waals surface area (Å²) in [6, 6.07) is 0. The van der Waals surface area contributed by atoms with E-state index in [-0.39, 0.29) is 0 Å². The molecule has 0 rings (SSSR count). The standard InChI is InChI=1S/C5H12S2/c1-3-5-7-6-4-2/h3-5H2,1-2H3. The number of hydrogen-bond donors (Lipinski definition) is 0. The van der Waals surface area contributed by atoms with Crippen LogP contribution in [0.3, 0.4) is 0 Å². The van der Waals surface area contributed by atoms with Crippen LogP contribution in [0.4, 0.5) is 0 Å². The predicted octanol–water partition coefficient (Wildman–Crippen LogP) is 2.80. The van der Waals surface area contributed by atoms with E-state index >= 15 is 0 Å². The van der Waals surface area contributed by atoms with E-state index in [9.17, 15) is 0 Å². The summed E-state index contributed by atoms with van der Waals surface area (Å²) in [6.07, 6.45) is 1.30. The lowest BCUT2D eigenvalue weighted by Gasteiger charge is -1.90. The van der Waals surface area contributed by atoms with E-state index < -0.39 is 0 Å². The molecule has 0 radical (unpaired) electrons. The smallest absolute Gasteiger partial charge is 0.00343 e.